The molecule has 1 fully saturated rings. The summed E-state index contributed by atoms with van der Waals surface area (Å²) in [5, 5.41) is 3.27. The van der Waals surface area contributed by atoms with Crippen molar-refractivity contribution in [2.45, 2.75) is 39.5 Å². The molecule has 4 nitrogen and oxygen atoms in total. The van der Waals surface area contributed by atoms with Gasteiger partial charge in [0.15, 0.2) is 0 Å². The molecule has 0 radical (unpaired) electrons. The highest BCUT2D eigenvalue weighted by atomic mass is 32.2. The van der Waals surface area contributed by atoms with E-state index in [-0.39, 0.29) is 0 Å². The molecule has 1 saturated heterocycles. The van der Waals surface area contributed by atoms with Crippen LogP contribution in [0.15, 0.2) is 0 Å². The Balaban J connectivity index is 2.54. The molecule has 1 aliphatic heterocycles. The summed E-state index contributed by atoms with van der Waals surface area (Å²) in [5.41, 5.74) is 0. The van der Waals surface area contributed by atoms with Crippen LogP contribution in [0.1, 0.15) is 39.5 Å². The number of piperidine rings is 1. The Bertz CT molecular complexity index is 354. The van der Waals surface area contributed by atoms with E-state index in [1.807, 2.05) is 7.05 Å². The Hall–Kier alpha value is -0.130. The zero-order valence-electron chi connectivity index (χ0n) is 12.9. The number of hydrogen-bond donors (Lipinski definition) is 1. The molecule has 0 amide bonds. The van der Waals surface area contributed by atoms with Gasteiger partial charge in [-0.05, 0) is 57.0 Å². The molecule has 1 rings (SSSR count). The van der Waals surface area contributed by atoms with Crippen LogP contribution in [0.2, 0.25) is 0 Å². The molecular formula is C14H30N2O2S. The summed E-state index contributed by atoms with van der Waals surface area (Å²) in [6.07, 6.45) is 5.87. The lowest BCUT2D eigenvalue weighted by Gasteiger charge is -2.33. The predicted octanol–water partition coefficient (Wildman–Crippen LogP) is 1.93. The van der Waals surface area contributed by atoms with Crippen molar-refractivity contribution in [3.63, 3.8) is 0 Å². The van der Waals surface area contributed by atoms with Gasteiger partial charge in [0.1, 0.15) is 0 Å². The molecule has 0 aromatic rings. The van der Waals surface area contributed by atoms with Crippen LogP contribution in [0.4, 0.5) is 0 Å². The van der Waals surface area contributed by atoms with Crippen LogP contribution < -0.4 is 5.32 Å². The number of hydrogen-bond acceptors (Lipinski definition) is 3. The Morgan fingerprint density at radius 2 is 2.05 bits per heavy atom. The molecule has 0 saturated carbocycles. The first-order valence-electron chi connectivity index (χ1n) is 7.42. The van der Waals surface area contributed by atoms with E-state index in [1.54, 1.807) is 4.31 Å². The van der Waals surface area contributed by atoms with Gasteiger partial charge in [0, 0.05) is 13.1 Å². The quantitative estimate of drug-likeness (QED) is 0.779. The second-order valence-corrected chi connectivity index (χ2v) is 8.40. The van der Waals surface area contributed by atoms with Crippen LogP contribution >= 0.6 is 0 Å². The largest absolute Gasteiger partial charge is 0.319 e. The minimum absolute atomic E-state index is 0.528. The average molecular weight is 290 g/mol. The van der Waals surface area contributed by atoms with Gasteiger partial charge >= 0.3 is 0 Å². The molecule has 1 aliphatic rings. The SMILES string of the molecule is CNCC(CC(C)C)CC1CCCN(S(C)(=O)=O)C1. The van der Waals surface area contributed by atoms with E-state index in [4.69, 9.17) is 0 Å². The van der Waals surface area contributed by atoms with E-state index >= 15 is 0 Å². The van der Waals surface area contributed by atoms with Crippen molar-refractivity contribution in [3.05, 3.63) is 0 Å². The molecule has 0 aliphatic carbocycles. The Morgan fingerprint density at radius 1 is 1.37 bits per heavy atom. The van der Waals surface area contributed by atoms with Crippen molar-refractivity contribution in [2.75, 3.05) is 32.9 Å². The van der Waals surface area contributed by atoms with E-state index in [1.165, 1.54) is 19.1 Å². The minimum atomic E-state index is -3.01. The summed E-state index contributed by atoms with van der Waals surface area (Å²) in [7, 11) is -1.02. The normalized spacial score (nSPS) is 23.7. The number of rotatable bonds is 7. The molecule has 0 aromatic carbocycles. The third-order valence-corrected chi connectivity index (χ3v) is 5.18. The number of nitrogens with zero attached hydrogens (tertiary/aromatic N) is 1. The van der Waals surface area contributed by atoms with Gasteiger partial charge in [0.05, 0.1) is 6.26 Å². The maximum atomic E-state index is 11.6. The Labute approximate surface area is 119 Å². The topological polar surface area (TPSA) is 49.4 Å². The second-order valence-electron chi connectivity index (χ2n) is 6.42. The molecule has 5 heteroatoms. The fourth-order valence-electron chi connectivity index (χ4n) is 3.21. The molecule has 114 valence electrons. The van der Waals surface area contributed by atoms with Crippen LogP contribution in [0, 0.1) is 17.8 Å². The minimum Gasteiger partial charge on any atom is -0.319 e. The molecule has 0 bridgehead atoms. The van der Waals surface area contributed by atoms with Crippen LogP contribution in [0.5, 0.6) is 0 Å². The van der Waals surface area contributed by atoms with Crippen LogP contribution in [-0.4, -0.2) is 45.7 Å². The van der Waals surface area contributed by atoms with Crippen molar-refractivity contribution in [1.82, 2.24) is 9.62 Å². The third-order valence-electron chi connectivity index (χ3n) is 3.91. The number of sulfonamides is 1. The van der Waals surface area contributed by atoms with Gasteiger partial charge in [-0.3, -0.25) is 0 Å². The highest BCUT2D eigenvalue weighted by Crippen LogP contribution is 2.27. The van der Waals surface area contributed by atoms with Crippen LogP contribution in [0.3, 0.4) is 0 Å². The van der Waals surface area contributed by atoms with E-state index in [2.05, 4.69) is 19.2 Å². The monoisotopic (exact) mass is 290 g/mol. The Morgan fingerprint density at radius 3 is 2.58 bits per heavy atom. The predicted molar refractivity (Wildman–Crippen MR) is 80.6 cm³/mol. The average Bonchev–Trinajstić information content (AvgIpc) is 2.27. The van der Waals surface area contributed by atoms with E-state index in [9.17, 15) is 8.42 Å². The zero-order valence-corrected chi connectivity index (χ0v) is 13.7. The lowest BCUT2D eigenvalue weighted by molar-refractivity contribution is 0.218. The Kier molecular flexibility index (Phi) is 6.77. The van der Waals surface area contributed by atoms with E-state index in [0.29, 0.717) is 24.3 Å². The summed E-state index contributed by atoms with van der Waals surface area (Å²) in [6, 6.07) is 0. The van der Waals surface area contributed by atoms with Gasteiger partial charge in [0.25, 0.3) is 0 Å². The first-order valence-corrected chi connectivity index (χ1v) is 9.27. The van der Waals surface area contributed by atoms with Crippen LogP contribution in [-0.2, 0) is 10.0 Å². The van der Waals surface area contributed by atoms with Gasteiger partial charge in [-0.1, -0.05) is 13.8 Å². The van der Waals surface area contributed by atoms with Gasteiger partial charge in [-0.2, -0.15) is 0 Å². The van der Waals surface area contributed by atoms with Gasteiger partial charge in [-0.25, -0.2) is 12.7 Å². The van der Waals surface area contributed by atoms with Crippen molar-refractivity contribution >= 4 is 10.0 Å². The maximum Gasteiger partial charge on any atom is 0.211 e. The van der Waals surface area contributed by atoms with Gasteiger partial charge < -0.3 is 5.32 Å². The smallest absolute Gasteiger partial charge is 0.211 e. The zero-order chi connectivity index (χ0) is 14.5. The van der Waals surface area contributed by atoms with Crippen LogP contribution in [0.25, 0.3) is 0 Å². The summed E-state index contributed by atoms with van der Waals surface area (Å²) >= 11 is 0. The molecule has 2 unspecified atom stereocenters. The van der Waals surface area contributed by atoms with E-state index in [0.717, 1.165) is 25.9 Å². The third kappa shape index (κ3) is 6.23. The highest BCUT2D eigenvalue weighted by Gasteiger charge is 2.27. The first kappa shape index (κ1) is 16.9. The van der Waals surface area contributed by atoms with Gasteiger partial charge in [0.2, 0.25) is 10.0 Å². The van der Waals surface area contributed by atoms with Crippen molar-refractivity contribution in [3.8, 4) is 0 Å². The summed E-state index contributed by atoms with van der Waals surface area (Å²) in [6.45, 7) is 6.97. The molecule has 0 aromatic heterocycles. The fraction of sp³-hybridized carbons (Fsp3) is 1.00. The first-order chi connectivity index (χ1) is 8.82. The lowest BCUT2D eigenvalue weighted by atomic mass is 9.85. The molecule has 19 heavy (non-hydrogen) atoms. The standard InChI is InChI=1S/C14H30N2O2S/c1-12(2)8-14(10-15-3)9-13-6-5-7-16(11-13)19(4,17)18/h12-15H,5-11H2,1-4H3. The van der Waals surface area contributed by atoms with Gasteiger partial charge in [-0.15, -0.1) is 0 Å². The second kappa shape index (κ2) is 7.60. The number of nitrogens with one attached hydrogen (secondary N) is 1. The summed E-state index contributed by atoms with van der Waals surface area (Å²) < 4.78 is 24.9. The van der Waals surface area contributed by atoms with Crippen molar-refractivity contribution < 1.29 is 8.42 Å². The molecule has 1 heterocycles. The van der Waals surface area contributed by atoms with Crippen molar-refractivity contribution in [2.24, 2.45) is 17.8 Å². The molecule has 1 N–H and O–H groups in total. The summed E-state index contributed by atoms with van der Waals surface area (Å²) in [5.74, 6) is 1.89. The lowest BCUT2D eigenvalue weighted by Crippen LogP contribution is -2.40. The summed E-state index contributed by atoms with van der Waals surface area (Å²) in [4.78, 5) is 0. The maximum absolute atomic E-state index is 11.6. The fourth-order valence-corrected chi connectivity index (χ4v) is 4.15. The molecule has 0 spiro atoms. The van der Waals surface area contributed by atoms with Crippen molar-refractivity contribution in [1.29, 1.82) is 0 Å². The molecular weight excluding hydrogens is 260 g/mol. The van der Waals surface area contributed by atoms with E-state index < -0.39 is 10.0 Å². The molecule has 2 atom stereocenters. The highest BCUT2D eigenvalue weighted by molar-refractivity contribution is 7.88.